The van der Waals surface area contributed by atoms with Crippen LogP contribution >= 0.6 is 0 Å². The third-order valence-corrected chi connectivity index (χ3v) is 7.09. The van der Waals surface area contributed by atoms with Gasteiger partial charge >= 0.3 is 6.18 Å². The number of nitrogens with zero attached hydrogens (tertiary/aromatic N) is 4. The Kier molecular flexibility index (Phi) is 10.2. The molecule has 216 valence electrons. The van der Waals surface area contributed by atoms with Gasteiger partial charge in [0.25, 0.3) is 0 Å². The van der Waals surface area contributed by atoms with Crippen molar-refractivity contribution in [3.8, 4) is 6.07 Å². The van der Waals surface area contributed by atoms with Crippen LogP contribution < -0.4 is 5.73 Å². The molecule has 0 aliphatic heterocycles. The van der Waals surface area contributed by atoms with E-state index in [2.05, 4.69) is 9.98 Å². The molecule has 0 radical (unpaired) electrons. The molecular weight excluding hydrogens is 531 g/mol. The van der Waals surface area contributed by atoms with E-state index >= 15 is 0 Å². The van der Waals surface area contributed by atoms with E-state index in [-0.39, 0.29) is 34.6 Å². The number of carbonyl (C=O) groups is 2. The fourth-order valence-electron chi connectivity index (χ4n) is 3.91. The normalized spacial score (nSPS) is 16.2. The van der Waals surface area contributed by atoms with Crippen molar-refractivity contribution in [1.29, 1.82) is 5.26 Å². The van der Waals surface area contributed by atoms with Gasteiger partial charge in [0.05, 0.1) is 17.2 Å². The molecule has 0 aromatic heterocycles. The van der Waals surface area contributed by atoms with Gasteiger partial charge in [-0.1, -0.05) is 30.4 Å². The van der Waals surface area contributed by atoms with Crippen LogP contribution in [0.25, 0.3) is 6.08 Å². The average Bonchev–Trinajstić information content (AvgIpc) is 3.84. The smallest absolute Gasteiger partial charge is 0.369 e. The molecule has 2 fully saturated rings. The zero-order chi connectivity index (χ0) is 30.3. The topological polar surface area (TPSA) is 112 Å². The van der Waals surface area contributed by atoms with Gasteiger partial charge in [-0.25, -0.2) is 9.98 Å². The molecule has 10 heteroatoms. The molecule has 1 atom stereocenters. The van der Waals surface area contributed by atoms with Gasteiger partial charge in [0, 0.05) is 18.9 Å². The summed E-state index contributed by atoms with van der Waals surface area (Å²) in [6, 6.07) is 9.66. The van der Waals surface area contributed by atoms with E-state index in [1.165, 1.54) is 30.2 Å². The Morgan fingerprint density at radius 3 is 2.24 bits per heavy atom. The Labute approximate surface area is 238 Å². The van der Waals surface area contributed by atoms with E-state index < -0.39 is 12.1 Å². The summed E-state index contributed by atoms with van der Waals surface area (Å²) >= 11 is 0. The van der Waals surface area contributed by atoms with Crippen molar-refractivity contribution >= 4 is 36.3 Å². The Morgan fingerprint density at radius 1 is 1.12 bits per heavy atom. The van der Waals surface area contributed by atoms with E-state index in [1.54, 1.807) is 32.0 Å². The number of alkyl halides is 3. The van der Waals surface area contributed by atoms with Gasteiger partial charge in [-0.2, -0.15) is 18.4 Å². The highest BCUT2D eigenvalue weighted by molar-refractivity contribution is 6.00. The maximum Gasteiger partial charge on any atom is 0.399 e. The van der Waals surface area contributed by atoms with Crippen LogP contribution in [0.4, 0.5) is 18.9 Å². The zero-order valence-corrected chi connectivity index (χ0v) is 23.6. The molecule has 0 saturated heterocycles. The molecule has 1 amide bonds. The van der Waals surface area contributed by atoms with Crippen LogP contribution in [0.5, 0.6) is 0 Å². The standard InChI is InChI=1S/C27H28F3N5O.C4H6O/c1-16-11-21(12-17(2)18(16)3)23(27(28,29)30)9-5-19-6-10-24(22(13-19)14-31)33-15-34-26(32)35(4)25(36)20-7-8-20;5-3-4-1-2-4/h5-6,9-13,15,20,23H,7-8H2,1-4H3,(H2,32,33,34);3-4H,1-2H2/b9-5+;. The molecule has 2 aliphatic carbocycles. The van der Waals surface area contributed by atoms with Crippen LogP contribution in [0.15, 0.2) is 46.4 Å². The summed E-state index contributed by atoms with van der Waals surface area (Å²) in [5, 5.41) is 9.51. The van der Waals surface area contributed by atoms with Crippen molar-refractivity contribution < 1.29 is 22.8 Å². The van der Waals surface area contributed by atoms with Crippen LogP contribution in [0.3, 0.4) is 0 Å². The van der Waals surface area contributed by atoms with Crippen LogP contribution in [-0.4, -0.2) is 42.6 Å². The van der Waals surface area contributed by atoms with Gasteiger partial charge in [0.1, 0.15) is 18.7 Å². The Bertz CT molecular complexity index is 1390. The number of carbonyl (C=O) groups excluding carboxylic acids is 2. The highest BCUT2D eigenvalue weighted by Crippen LogP contribution is 2.38. The Hall–Kier alpha value is -4.26. The Balaban J connectivity index is 0.000000832. The molecule has 2 aliphatic rings. The minimum absolute atomic E-state index is 0.0116. The van der Waals surface area contributed by atoms with Crippen LogP contribution in [-0.2, 0) is 9.59 Å². The largest absolute Gasteiger partial charge is 0.399 e. The van der Waals surface area contributed by atoms with Gasteiger partial charge in [-0.05, 0) is 86.4 Å². The third-order valence-electron chi connectivity index (χ3n) is 7.09. The second-order valence-corrected chi connectivity index (χ2v) is 10.4. The lowest BCUT2D eigenvalue weighted by Gasteiger charge is -2.19. The number of allylic oxidation sites excluding steroid dienone is 1. The summed E-state index contributed by atoms with van der Waals surface area (Å²) in [5.74, 6) is -1.47. The number of benzene rings is 2. The first-order valence-corrected chi connectivity index (χ1v) is 13.3. The second kappa shape index (κ2) is 13.4. The highest BCUT2D eigenvalue weighted by atomic mass is 19.4. The fourth-order valence-corrected chi connectivity index (χ4v) is 3.91. The fraction of sp³-hybridized carbons (Fsp3) is 0.387. The lowest BCUT2D eigenvalue weighted by atomic mass is 9.91. The van der Waals surface area contributed by atoms with E-state index in [0.717, 1.165) is 61.1 Å². The lowest BCUT2D eigenvalue weighted by Crippen LogP contribution is -2.39. The zero-order valence-electron chi connectivity index (χ0n) is 23.6. The van der Waals surface area contributed by atoms with Crippen LogP contribution in [0, 0.1) is 43.9 Å². The van der Waals surface area contributed by atoms with Crippen molar-refractivity contribution in [2.75, 3.05) is 7.05 Å². The summed E-state index contributed by atoms with van der Waals surface area (Å²) in [4.78, 5) is 30.9. The van der Waals surface area contributed by atoms with Crippen molar-refractivity contribution in [3.05, 3.63) is 69.8 Å². The number of guanidine groups is 1. The van der Waals surface area contributed by atoms with Crippen LogP contribution in [0.2, 0.25) is 0 Å². The summed E-state index contributed by atoms with van der Waals surface area (Å²) < 4.78 is 41.6. The first-order valence-electron chi connectivity index (χ1n) is 13.3. The van der Waals surface area contributed by atoms with Gasteiger partial charge < -0.3 is 10.5 Å². The molecule has 2 aromatic carbocycles. The number of nitrogens with two attached hydrogens (primary N) is 1. The summed E-state index contributed by atoms with van der Waals surface area (Å²) in [6.45, 7) is 5.47. The monoisotopic (exact) mass is 565 g/mol. The van der Waals surface area contributed by atoms with Gasteiger partial charge in [0.15, 0.2) is 0 Å². The molecule has 0 bridgehead atoms. The minimum Gasteiger partial charge on any atom is -0.369 e. The first-order chi connectivity index (χ1) is 19.3. The highest BCUT2D eigenvalue weighted by Gasteiger charge is 2.39. The summed E-state index contributed by atoms with van der Waals surface area (Å²) in [6.07, 6.45) is 4.10. The molecule has 0 heterocycles. The summed E-state index contributed by atoms with van der Waals surface area (Å²) in [5.41, 5.74) is 9.42. The number of hydrogen-bond donors (Lipinski definition) is 1. The first kappa shape index (κ1) is 31.3. The molecule has 2 aromatic rings. The van der Waals surface area contributed by atoms with Gasteiger partial charge in [-0.3, -0.25) is 9.69 Å². The quantitative estimate of drug-likeness (QED) is 0.242. The number of aryl methyl sites for hydroxylation is 2. The van der Waals surface area contributed by atoms with E-state index in [1.807, 2.05) is 13.0 Å². The van der Waals surface area contributed by atoms with Crippen molar-refractivity contribution in [3.63, 3.8) is 0 Å². The molecule has 41 heavy (non-hydrogen) atoms. The average molecular weight is 566 g/mol. The minimum atomic E-state index is -4.47. The number of rotatable bonds is 7. The number of nitriles is 1. The predicted octanol–water partition coefficient (Wildman–Crippen LogP) is 6.28. The number of hydrogen-bond acceptors (Lipinski definition) is 4. The molecule has 2 N–H and O–H groups in total. The van der Waals surface area contributed by atoms with E-state index in [9.17, 15) is 28.0 Å². The maximum atomic E-state index is 13.9. The van der Waals surface area contributed by atoms with Crippen molar-refractivity contribution in [1.82, 2.24) is 4.90 Å². The molecule has 4 rings (SSSR count). The van der Waals surface area contributed by atoms with Crippen LogP contribution in [0.1, 0.15) is 65.0 Å². The number of aliphatic imine (C=N–C) groups is 2. The number of halogens is 3. The van der Waals surface area contributed by atoms with Crippen molar-refractivity contribution in [2.45, 2.75) is 58.5 Å². The predicted molar refractivity (Wildman–Crippen MR) is 154 cm³/mol. The number of amides is 1. The molecule has 0 spiro atoms. The molecule has 2 saturated carbocycles. The summed E-state index contributed by atoms with van der Waals surface area (Å²) in [7, 11) is 1.53. The second-order valence-electron chi connectivity index (χ2n) is 10.4. The SMILES string of the molecule is Cc1cc(C(/C=C/c2ccc(N=CN=C(N)N(C)C(=O)C3CC3)c(C#N)c2)C(F)(F)F)cc(C)c1C.O=CC1CC1. The van der Waals surface area contributed by atoms with Gasteiger partial charge in [0.2, 0.25) is 11.9 Å². The molecule has 7 nitrogen and oxygen atoms in total. The molecular formula is C31H34F3N5O2. The number of aldehydes is 1. The van der Waals surface area contributed by atoms with Crippen molar-refractivity contribution in [2.24, 2.45) is 27.6 Å². The van der Waals surface area contributed by atoms with E-state index in [0.29, 0.717) is 11.5 Å². The lowest BCUT2D eigenvalue weighted by molar-refractivity contribution is -0.139. The Morgan fingerprint density at radius 2 is 1.76 bits per heavy atom. The third kappa shape index (κ3) is 8.87. The maximum absolute atomic E-state index is 13.9. The van der Waals surface area contributed by atoms with E-state index in [4.69, 9.17) is 5.73 Å². The molecule has 1 unspecified atom stereocenters. The van der Waals surface area contributed by atoms with Gasteiger partial charge in [-0.15, -0.1) is 0 Å².